The molecular formula is C32H39F2N3O6. The molecule has 7 atom stereocenters. The number of nitrogens with zero attached hydrogens (tertiary/aromatic N) is 2. The van der Waals surface area contributed by atoms with Crippen LogP contribution in [0.1, 0.15) is 64.5 Å². The summed E-state index contributed by atoms with van der Waals surface area (Å²) in [7, 11) is 1.52. The van der Waals surface area contributed by atoms with Crippen molar-refractivity contribution in [2.75, 3.05) is 20.2 Å². The molecule has 2 bridgehead atoms. The Bertz CT molecular complexity index is 1420. The molecule has 3 fully saturated rings. The Morgan fingerprint density at radius 1 is 1.12 bits per heavy atom. The number of carbonyl (C=O) groups excluding carboxylic acids is 3. The van der Waals surface area contributed by atoms with Gasteiger partial charge in [-0.2, -0.15) is 8.78 Å². The third-order valence-corrected chi connectivity index (χ3v) is 10.1. The van der Waals surface area contributed by atoms with E-state index in [4.69, 9.17) is 14.2 Å². The van der Waals surface area contributed by atoms with Crippen molar-refractivity contribution in [3.63, 3.8) is 0 Å². The molecule has 0 radical (unpaired) electrons. The van der Waals surface area contributed by atoms with Crippen LogP contribution in [0.4, 0.5) is 13.6 Å². The number of rotatable bonds is 3. The first kappa shape index (κ1) is 29.6. The number of ether oxygens (including phenoxy) is 3. The Kier molecular flexibility index (Phi) is 7.93. The van der Waals surface area contributed by atoms with Gasteiger partial charge in [0, 0.05) is 17.7 Å². The van der Waals surface area contributed by atoms with Crippen molar-refractivity contribution in [3.05, 3.63) is 30.0 Å². The van der Waals surface area contributed by atoms with Gasteiger partial charge in [-0.15, -0.1) is 0 Å². The number of carbonyl (C=O) groups is 3. The molecule has 11 heteroatoms. The predicted octanol–water partition coefficient (Wildman–Crippen LogP) is 5.23. The summed E-state index contributed by atoms with van der Waals surface area (Å²) in [5, 5.41) is 3.16. The van der Waals surface area contributed by atoms with Crippen LogP contribution in [0.2, 0.25) is 0 Å². The molecule has 1 saturated heterocycles. The first-order valence-electron chi connectivity index (χ1n) is 15.4. The summed E-state index contributed by atoms with van der Waals surface area (Å²) in [6.07, 6.45) is 1.97. The molecule has 1 N–H and O–H groups in total. The number of aromatic nitrogens is 1. The lowest BCUT2D eigenvalue weighted by Gasteiger charge is -2.58. The number of alkyl halides is 2. The monoisotopic (exact) mass is 599 g/mol. The fourth-order valence-electron chi connectivity index (χ4n) is 7.76. The van der Waals surface area contributed by atoms with E-state index in [-0.39, 0.29) is 43.1 Å². The number of alkyl carbamates (subject to hydrolysis) is 1. The Labute approximate surface area is 249 Å². The third-order valence-electron chi connectivity index (χ3n) is 10.1. The highest BCUT2D eigenvalue weighted by atomic mass is 19.3. The van der Waals surface area contributed by atoms with E-state index in [0.717, 1.165) is 12.8 Å². The van der Waals surface area contributed by atoms with Crippen molar-refractivity contribution in [2.24, 2.45) is 23.7 Å². The largest absolute Gasteiger partial charge is 0.497 e. The van der Waals surface area contributed by atoms with E-state index in [2.05, 4.69) is 10.3 Å². The molecule has 2 aliphatic carbocycles. The van der Waals surface area contributed by atoms with Gasteiger partial charge in [-0.25, -0.2) is 9.78 Å². The van der Waals surface area contributed by atoms with Crippen LogP contribution < -0.4 is 14.8 Å². The molecule has 2 saturated carbocycles. The second-order valence-electron chi connectivity index (χ2n) is 12.5. The molecule has 9 nitrogen and oxygen atoms in total. The lowest BCUT2D eigenvalue weighted by atomic mass is 9.50. The number of hydrogen-bond donors (Lipinski definition) is 1. The van der Waals surface area contributed by atoms with Crippen molar-refractivity contribution >= 4 is 28.7 Å². The van der Waals surface area contributed by atoms with Gasteiger partial charge in [0.2, 0.25) is 5.91 Å². The zero-order valence-corrected chi connectivity index (χ0v) is 24.8. The molecule has 1 unspecified atom stereocenters. The highest BCUT2D eigenvalue weighted by Crippen LogP contribution is 2.57. The van der Waals surface area contributed by atoms with E-state index in [9.17, 15) is 14.4 Å². The number of fused-ring (bicyclic) bond motifs is 8. The Balaban J connectivity index is 1.37. The fraction of sp³-hybridized carbons (Fsp3) is 0.625. The van der Waals surface area contributed by atoms with Crippen LogP contribution in [-0.4, -0.2) is 66.1 Å². The lowest BCUT2D eigenvalue weighted by molar-refractivity contribution is -0.163. The Hall–Kier alpha value is -3.50. The van der Waals surface area contributed by atoms with Gasteiger partial charge in [-0.3, -0.25) is 9.59 Å². The minimum absolute atomic E-state index is 0.00786. The maximum absolute atomic E-state index is 16.0. The number of Topliss-reactive ketones (excluding diaryl/α,β-unsaturated/α-hetero) is 1. The molecule has 232 valence electrons. The van der Waals surface area contributed by atoms with Crippen LogP contribution in [0.25, 0.3) is 10.9 Å². The summed E-state index contributed by atoms with van der Waals surface area (Å²) < 4.78 is 49.4. The van der Waals surface area contributed by atoms with Gasteiger partial charge in [0.15, 0.2) is 11.5 Å². The highest BCUT2D eigenvalue weighted by Gasteiger charge is 2.57. The number of nitrogens with one attached hydrogen (secondary N) is 1. The fourth-order valence-corrected chi connectivity index (χ4v) is 7.76. The highest BCUT2D eigenvalue weighted by molar-refractivity contribution is 5.90. The molecule has 1 aromatic heterocycles. The molecule has 6 rings (SSSR count). The molecule has 2 aliphatic heterocycles. The van der Waals surface area contributed by atoms with Crippen molar-refractivity contribution in [1.82, 2.24) is 15.2 Å². The van der Waals surface area contributed by atoms with Gasteiger partial charge >= 0.3 is 6.09 Å². The van der Waals surface area contributed by atoms with Crippen LogP contribution in [-0.2, 0) is 20.2 Å². The molecule has 2 aromatic rings. The summed E-state index contributed by atoms with van der Waals surface area (Å²) in [6.45, 7) is 2.95. The van der Waals surface area contributed by atoms with E-state index < -0.39 is 48.1 Å². The van der Waals surface area contributed by atoms with E-state index in [1.807, 2.05) is 6.92 Å². The predicted molar refractivity (Wildman–Crippen MR) is 153 cm³/mol. The summed E-state index contributed by atoms with van der Waals surface area (Å²) in [6, 6.07) is 5.78. The number of amides is 2. The molecular weight excluding hydrogens is 560 g/mol. The molecule has 0 spiro atoms. The number of halogens is 2. The molecule has 1 aromatic carbocycles. The summed E-state index contributed by atoms with van der Waals surface area (Å²) in [5.74, 6) is -3.04. The van der Waals surface area contributed by atoms with Gasteiger partial charge in [0.05, 0.1) is 25.2 Å². The minimum atomic E-state index is -3.28. The smallest absolute Gasteiger partial charge is 0.407 e. The standard InChI is InChI=1S/C32H39F2N3O6/c1-4-20-26-16-37(28(20)17(2)38)27(39)15-35-31(40)43-29-22(21-9-10-23(21)29)7-5-6-12-32(33,34)30-25(42-26)14-18-13-19(41-3)8-11-24(18)36-30/h8,11,13-14,20-23,26,28-29H,4-7,9-10,12,15-16H2,1-3H3,(H,35,40)/t20-,21+,22-,23?,26+,28-,29+/m1/s1. The van der Waals surface area contributed by atoms with Crippen molar-refractivity contribution in [3.8, 4) is 11.5 Å². The number of benzene rings is 1. The zero-order chi connectivity index (χ0) is 30.5. The maximum Gasteiger partial charge on any atom is 0.407 e. The lowest BCUT2D eigenvalue weighted by Crippen LogP contribution is -2.59. The van der Waals surface area contributed by atoms with Gasteiger partial charge in [-0.1, -0.05) is 13.3 Å². The van der Waals surface area contributed by atoms with Crippen molar-refractivity contribution < 1.29 is 37.4 Å². The van der Waals surface area contributed by atoms with Crippen LogP contribution in [0.15, 0.2) is 24.3 Å². The van der Waals surface area contributed by atoms with E-state index in [1.54, 1.807) is 24.3 Å². The van der Waals surface area contributed by atoms with Gasteiger partial charge in [0.25, 0.3) is 5.92 Å². The zero-order valence-electron chi connectivity index (χ0n) is 24.8. The van der Waals surface area contributed by atoms with Crippen LogP contribution >= 0.6 is 0 Å². The molecule has 3 heterocycles. The van der Waals surface area contributed by atoms with Crippen LogP contribution in [0.3, 0.4) is 0 Å². The summed E-state index contributed by atoms with van der Waals surface area (Å²) in [5.41, 5.74) is -0.0514. The first-order chi connectivity index (χ1) is 20.6. The topological polar surface area (TPSA) is 107 Å². The van der Waals surface area contributed by atoms with E-state index in [0.29, 0.717) is 47.8 Å². The second-order valence-corrected chi connectivity index (χ2v) is 12.5. The summed E-state index contributed by atoms with van der Waals surface area (Å²) >= 11 is 0. The first-order valence-corrected chi connectivity index (χ1v) is 15.4. The quantitative estimate of drug-likeness (QED) is 0.515. The van der Waals surface area contributed by atoms with Gasteiger partial charge in [-0.05, 0) is 81.0 Å². The molecule has 4 aliphatic rings. The number of methoxy groups -OCH3 is 1. The van der Waals surface area contributed by atoms with Gasteiger partial charge < -0.3 is 24.4 Å². The average molecular weight is 600 g/mol. The summed E-state index contributed by atoms with van der Waals surface area (Å²) in [4.78, 5) is 44.7. The SMILES string of the molecule is CC[C@@H]1[C@@H]2CN(C(=O)CNC(=O)O[C@@H]3C4CC[C@H]4[C@H]3CCCCC(F)(F)c3nc4ccc(OC)cc4cc3O2)[C@@H]1C(C)=O. The third kappa shape index (κ3) is 5.40. The van der Waals surface area contributed by atoms with E-state index in [1.165, 1.54) is 18.9 Å². The van der Waals surface area contributed by atoms with Crippen molar-refractivity contribution in [1.29, 1.82) is 0 Å². The number of hydrogen-bond acceptors (Lipinski definition) is 7. The number of ketones is 1. The molecule has 43 heavy (non-hydrogen) atoms. The number of pyridine rings is 1. The van der Waals surface area contributed by atoms with Crippen LogP contribution in [0, 0.1) is 23.7 Å². The maximum atomic E-state index is 16.0. The Morgan fingerprint density at radius 3 is 2.58 bits per heavy atom. The van der Waals surface area contributed by atoms with Crippen LogP contribution in [0.5, 0.6) is 11.5 Å². The van der Waals surface area contributed by atoms with Gasteiger partial charge in [0.1, 0.15) is 30.3 Å². The average Bonchev–Trinajstić information content (AvgIpc) is 3.33. The molecule has 2 amide bonds. The second kappa shape index (κ2) is 11.5. The Morgan fingerprint density at radius 2 is 1.88 bits per heavy atom. The van der Waals surface area contributed by atoms with Crippen molar-refractivity contribution in [2.45, 2.75) is 83.0 Å². The normalized spacial score (nSPS) is 32.3. The van der Waals surface area contributed by atoms with E-state index >= 15 is 8.78 Å². The minimum Gasteiger partial charge on any atom is -0.497 e.